The van der Waals surface area contributed by atoms with Gasteiger partial charge in [0.2, 0.25) is 0 Å². The third-order valence-corrected chi connectivity index (χ3v) is 3.17. The minimum absolute atomic E-state index is 0.399. The maximum absolute atomic E-state index is 10.2. The monoisotopic (exact) mass is 191 g/mol. The maximum atomic E-state index is 10.2. The molecule has 0 aromatic heterocycles. The van der Waals surface area contributed by atoms with Gasteiger partial charge in [-0.15, -0.1) is 0 Å². The molecule has 2 N–H and O–H groups in total. The molecule has 2 heterocycles. The van der Waals surface area contributed by atoms with Crippen LogP contribution in [0.3, 0.4) is 0 Å². The molecule has 0 radical (unpaired) electrons. The van der Waals surface area contributed by atoms with Gasteiger partial charge in [-0.2, -0.15) is 0 Å². The number of aliphatic hydroxyl groups excluding tert-OH is 1. The number of aliphatic hydroxyl groups is 1. The van der Waals surface area contributed by atoms with Gasteiger partial charge in [-0.05, 0) is 12.6 Å². The van der Waals surface area contributed by atoms with Gasteiger partial charge in [0.15, 0.2) is 5.60 Å². The van der Waals surface area contributed by atoms with Crippen LogP contribution in [0.1, 0.15) is 18.1 Å². The van der Waals surface area contributed by atoms with E-state index in [9.17, 15) is 5.11 Å². The molecular weight excluding hydrogens is 178 g/mol. The SMILES string of the molecule is OC1c2ccccc2OC12CCNC2. The van der Waals surface area contributed by atoms with Crippen LogP contribution in [0.2, 0.25) is 0 Å². The molecule has 0 amide bonds. The van der Waals surface area contributed by atoms with Crippen LogP contribution in [0.4, 0.5) is 0 Å². The number of fused-ring (bicyclic) bond motifs is 1. The van der Waals surface area contributed by atoms with Crippen molar-refractivity contribution in [1.29, 1.82) is 0 Å². The molecule has 3 heteroatoms. The average Bonchev–Trinajstić information content (AvgIpc) is 2.77. The molecule has 0 aliphatic carbocycles. The van der Waals surface area contributed by atoms with Crippen molar-refractivity contribution in [3.05, 3.63) is 29.8 Å². The molecule has 2 aliphatic rings. The summed E-state index contributed by atoms with van der Waals surface area (Å²) in [5, 5.41) is 13.4. The Morgan fingerprint density at radius 1 is 1.43 bits per heavy atom. The fourth-order valence-electron chi connectivity index (χ4n) is 2.37. The molecule has 2 unspecified atom stereocenters. The fraction of sp³-hybridized carbons (Fsp3) is 0.455. The second kappa shape index (κ2) is 2.72. The molecule has 3 rings (SSSR count). The predicted octanol–water partition coefficient (Wildman–Crippen LogP) is 0.845. The lowest BCUT2D eigenvalue weighted by Crippen LogP contribution is -2.40. The summed E-state index contributed by atoms with van der Waals surface area (Å²) in [6.45, 7) is 1.66. The van der Waals surface area contributed by atoms with Crippen molar-refractivity contribution >= 4 is 0 Å². The third kappa shape index (κ3) is 0.938. The van der Waals surface area contributed by atoms with Crippen molar-refractivity contribution in [2.45, 2.75) is 18.1 Å². The van der Waals surface area contributed by atoms with Crippen molar-refractivity contribution in [3.63, 3.8) is 0 Å². The normalized spacial score (nSPS) is 34.5. The third-order valence-electron chi connectivity index (χ3n) is 3.17. The van der Waals surface area contributed by atoms with E-state index >= 15 is 0 Å². The smallest absolute Gasteiger partial charge is 0.152 e. The Hall–Kier alpha value is -1.06. The minimum atomic E-state index is -0.478. The Bertz CT molecular complexity index is 358. The van der Waals surface area contributed by atoms with E-state index < -0.39 is 11.7 Å². The first-order valence-corrected chi connectivity index (χ1v) is 4.99. The van der Waals surface area contributed by atoms with Crippen molar-refractivity contribution in [2.24, 2.45) is 0 Å². The molecule has 1 spiro atoms. The van der Waals surface area contributed by atoms with Gasteiger partial charge in [0.05, 0.1) is 0 Å². The van der Waals surface area contributed by atoms with Crippen molar-refractivity contribution in [1.82, 2.24) is 5.32 Å². The van der Waals surface area contributed by atoms with Crippen LogP contribution < -0.4 is 10.1 Å². The zero-order valence-electron chi connectivity index (χ0n) is 7.86. The van der Waals surface area contributed by atoms with Crippen LogP contribution in [0, 0.1) is 0 Å². The summed E-state index contributed by atoms with van der Waals surface area (Å²) in [7, 11) is 0. The van der Waals surface area contributed by atoms with E-state index in [1.54, 1.807) is 0 Å². The van der Waals surface area contributed by atoms with Crippen LogP contribution in [0.5, 0.6) is 5.75 Å². The molecule has 14 heavy (non-hydrogen) atoms. The standard InChI is InChI=1S/C11H13NO2/c13-10-8-3-1-2-4-9(8)14-11(10)5-6-12-7-11/h1-4,10,12-13H,5-7H2. The summed E-state index contributed by atoms with van der Waals surface area (Å²) in [5.74, 6) is 0.837. The number of hydrogen-bond donors (Lipinski definition) is 2. The molecule has 0 bridgehead atoms. The first kappa shape index (κ1) is 8.26. The fourth-order valence-corrected chi connectivity index (χ4v) is 2.37. The summed E-state index contributed by atoms with van der Waals surface area (Å²) in [4.78, 5) is 0. The lowest BCUT2D eigenvalue weighted by atomic mass is 9.93. The highest BCUT2D eigenvalue weighted by atomic mass is 16.5. The highest BCUT2D eigenvalue weighted by Crippen LogP contribution is 2.45. The molecule has 2 atom stereocenters. The van der Waals surface area contributed by atoms with Gasteiger partial charge in [-0.3, -0.25) is 0 Å². The van der Waals surface area contributed by atoms with E-state index in [1.165, 1.54) is 0 Å². The number of benzene rings is 1. The van der Waals surface area contributed by atoms with E-state index in [-0.39, 0.29) is 0 Å². The largest absolute Gasteiger partial charge is 0.482 e. The number of hydrogen-bond acceptors (Lipinski definition) is 3. The number of nitrogens with one attached hydrogen (secondary N) is 1. The molecule has 1 aromatic rings. The van der Waals surface area contributed by atoms with Crippen LogP contribution in [0.25, 0.3) is 0 Å². The van der Waals surface area contributed by atoms with E-state index in [0.29, 0.717) is 0 Å². The van der Waals surface area contributed by atoms with Gasteiger partial charge < -0.3 is 15.2 Å². The van der Waals surface area contributed by atoms with E-state index in [0.717, 1.165) is 30.8 Å². The Balaban J connectivity index is 2.04. The molecule has 1 aromatic carbocycles. The summed E-state index contributed by atoms with van der Waals surface area (Å²) in [6.07, 6.45) is 0.400. The van der Waals surface area contributed by atoms with Gasteiger partial charge in [0, 0.05) is 18.5 Å². The van der Waals surface area contributed by atoms with Gasteiger partial charge in [0.25, 0.3) is 0 Å². The van der Waals surface area contributed by atoms with Crippen LogP contribution in [-0.2, 0) is 0 Å². The second-order valence-electron chi connectivity index (χ2n) is 4.03. The molecule has 74 valence electrons. The quantitative estimate of drug-likeness (QED) is 0.638. The van der Waals surface area contributed by atoms with Crippen molar-refractivity contribution < 1.29 is 9.84 Å². The highest BCUT2D eigenvalue weighted by molar-refractivity contribution is 5.42. The number of para-hydroxylation sites is 1. The lowest BCUT2D eigenvalue weighted by molar-refractivity contribution is -0.0126. The topological polar surface area (TPSA) is 41.5 Å². The maximum Gasteiger partial charge on any atom is 0.152 e. The molecule has 0 saturated carbocycles. The molecule has 3 nitrogen and oxygen atoms in total. The molecule has 1 saturated heterocycles. The van der Waals surface area contributed by atoms with Crippen molar-refractivity contribution in [2.75, 3.05) is 13.1 Å². The van der Waals surface area contributed by atoms with E-state index in [2.05, 4.69) is 5.32 Å². The predicted molar refractivity (Wildman–Crippen MR) is 52.2 cm³/mol. The van der Waals surface area contributed by atoms with E-state index in [1.807, 2.05) is 24.3 Å². The highest BCUT2D eigenvalue weighted by Gasteiger charge is 2.49. The first-order chi connectivity index (χ1) is 6.82. The van der Waals surface area contributed by atoms with Crippen LogP contribution >= 0.6 is 0 Å². The average molecular weight is 191 g/mol. The van der Waals surface area contributed by atoms with E-state index in [4.69, 9.17) is 4.74 Å². The Labute approximate surface area is 82.7 Å². The van der Waals surface area contributed by atoms with Gasteiger partial charge in [-0.25, -0.2) is 0 Å². The summed E-state index contributed by atoms with van der Waals surface area (Å²) < 4.78 is 5.86. The summed E-state index contributed by atoms with van der Waals surface area (Å²) in [6, 6.07) is 7.73. The second-order valence-corrected chi connectivity index (χ2v) is 4.03. The number of ether oxygens (including phenoxy) is 1. The van der Waals surface area contributed by atoms with Crippen LogP contribution in [0.15, 0.2) is 24.3 Å². The first-order valence-electron chi connectivity index (χ1n) is 4.99. The van der Waals surface area contributed by atoms with Gasteiger partial charge >= 0.3 is 0 Å². The molecule has 2 aliphatic heterocycles. The van der Waals surface area contributed by atoms with Crippen molar-refractivity contribution in [3.8, 4) is 5.75 Å². The molecule has 1 fully saturated rings. The zero-order chi connectivity index (χ0) is 9.60. The van der Waals surface area contributed by atoms with Gasteiger partial charge in [-0.1, -0.05) is 18.2 Å². The van der Waals surface area contributed by atoms with Crippen LogP contribution in [-0.4, -0.2) is 23.8 Å². The summed E-state index contributed by atoms with van der Waals surface area (Å²) in [5.41, 5.74) is 0.528. The molecular formula is C11H13NO2. The lowest BCUT2D eigenvalue weighted by Gasteiger charge is -2.25. The summed E-state index contributed by atoms with van der Waals surface area (Å²) >= 11 is 0. The number of rotatable bonds is 0. The Kier molecular flexibility index (Phi) is 1.60. The Morgan fingerprint density at radius 2 is 2.29 bits per heavy atom. The minimum Gasteiger partial charge on any atom is -0.482 e. The zero-order valence-corrected chi connectivity index (χ0v) is 7.86. The van der Waals surface area contributed by atoms with Gasteiger partial charge in [0.1, 0.15) is 11.9 Å². The Morgan fingerprint density at radius 3 is 3.00 bits per heavy atom.